The van der Waals surface area contributed by atoms with Crippen LogP contribution in [0.5, 0.6) is 0 Å². The van der Waals surface area contributed by atoms with Crippen molar-refractivity contribution in [2.75, 3.05) is 18.0 Å². The third kappa shape index (κ3) is 4.43. The Bertz CT molecular complexity index is 779. The smallest absolute Gasteiger partial charge is 0.185 e. The number of aliphatic hydroxyl groups is 1. The van der Waals surface area contributed by atoms with Crippen molar-refractivity contribution in [2.45, 2.75) is 18.9 Å². The van der Waals surface area contributed by atoms with Gasteiger partial charge in [-0.2, -0.15) is 0 Å². The summed E-state index contributed by atoms with van der Waals surface area (Å²) in [5, 5.41) is 10.5. The van der Waals surface area contributed by atoms with Crippen molar-refractivity contribution in [2.24, 2.45) is 0 Å². The lowest BCUT2D eigenvalue weighted by molar-refractivity contribution is 0.104. The topological polar surface area (TPSA) is 40.5 Å². The molecular formula is C20H19Cl2NO2. The first-order chi connectivity index (χ1) is 12.0. The van der Waals surface area contributed by atoms with E-state index in [0.717, 1.165) is 31.6 Å². The maximum atomic E-state index is 12.3. The standard InChI is InChI=1S/C20H19Cl2NO2/c21-18-3-1-2-15(20(18)22)6-9-19(25)14-4-7-16(8-5-14)23-12-10-17(24)11-13-23/h1-9,17,24H,10-13H2. The number of nitrogens with zero attached hydrogens (tertiary/aromatic N) is 1. The first-order valence-electron chi connectivity index (χ1n) is 8.24. The van der Waals surface area contributed by atoms with Gasteiger partial charge in [-0.05, 0) is 60.9 Å². The van der Waals surface area contributed by atoms with E-state index in [1.54, 1.807) is 18.2 Å². The quantitative estimate of drug-likeness (QED) is 0.613. The normalized spacial score (nSPS) is 15.7. The van der Waals surface area contributed by atoms with Crippen LogP contribution in [0.4, 0.5) is 5.69 Å². The van der Waals surface area contributed by atoms with Crippen molar-refractivity contribution in [3.63, 3.8) is 0 Å². The van der Waals surface area contributed by atoms with Gasteiger partial charge in [0.2, 0.25) is 0 Å². The molecule has 130 valence electrons. The Hall–Kier alpha value is -1.81. The SMILES string of the molecule is O=C(C=Cc1cccc(Cl)c1Cl)c1ccc(N2CCC(O)CC2)cc1. The molecule has 2 aromatic carbocycles. The molecule has 1 saturated heterocycles. The Kier molecular flexibility index (Phi) is 5.79. The Balaban J connectivity index is 1.68. The molecular weight excluding hydrogens is 357 g/mol. The largest absolute Gasteiger partial charge is 0.393 e. The first-order valence-corrected chi connectivity index (χ1v) is 8.99. The van der Waals surface area contributed by atoms with E-state index in [0.29, 0.717) is 21.2 Å². The van der Waals surface area contributed by atoms with Crippen LogP contribution < -0.4 is 4.90 Å². The van der Waals surface area contributed by atoms with Gasteiger partial charge in [0, 0.05) is 24.3 Å². The van der Waals surface area contributed by atoms with Crippen molar-refractivity contribution in [3.05, 3.63) is 69.7 Å². The fourth-order valence-corrected chi connectivity index (χ4v) is 3.24. The molecule has 25 heavy (non-hydrogen) atoms. The third-order valence-corrected chi connectivity index (χ3v) is 5.21. The van der Waals surface area contributed by atoms with Gasteiger partial charge < -0.3 is 10.0 Å². The van der Waals surface area contributed by atoms with Gasteiger partial charge in [0.25, 0.3) is 0 Å². The molecule has 0 amide bonds. The zero-order valence-electron chi connectivity index (χ0n) is 13.7. The van der Waals surface area contributed by atoms with Crippen molar-refractivity contribution in [3.8, 4) is 0 Å². The lowest BCUT2D eigenvalue weighted by Gasteiger charge is -2.31. The van der Waals surface area contributed by atoms with Crippen LogP contribution >= 0.6 is 23.2 Å². The number of carbonyl (C=O) groups is 1. The number of piperidine rings is 1. The monoisotopic (exact) mass is 375 g/mol. The van der Waals surface area contributed by atoms with Crippen LogP contribution in [0.1, 0.15) is 28.8 Å². The molecule has 1 aliphatic rings. The number of ketones is 1. The van der Waals surface area contributed by atoms with Gasteiger partial charge in [-0.15, -0.1) is 0 Å². The van der Waals surface area contributed by atoms with Crippen molar-refractivity contribution in [1.29, 1.82) is 0 Å². The summed E-state index contributed by atoms with van der Waals surface area (Å²) in [4.78, 5) is 14.6. The Morgan fingerprint density at radius 1 is 1.08 bits per heavy atom. The molecule has 0 spiro atoms. The highest BCUT2D eigenvalue weighted by atomic mass is 35.5. The summed E-state index contributed by atoms with van der Waals surface area (Å²) in [6.07, 6.45) is 4.55. The number of carbonyl (C=O) groups excluding carboxylic acids is 1. The second-order valence-electron chi connectivity index (χ2n) is 6.11. The Morgan fingerprint density at radius 3 is 2.44 bits per heavy atom. The summed E-state index contributed by atoms with van der Waals surface area (Å²) in [5.41, 5.74) is 2.41. The van der Waals surface area contributed by atoms with Crippen LogP contribution in [0, 0.1) is 0 Å². The molecule has 2 aromatic rings. The third-order valence-electron chi connectivity index (χ3n) is 4.38. The number of rotatable bonds is 4. The van der Waals surface area contributed by atoms with E-state index >= 15 is 0 Å². The molecule has 1 N–H and O–H groups in total. The zero-order chi connectivity index (χ0) is 17.8. The van der Waals surface area contributed by atoms with E-state index in [9.17, 15) is 9.90 Å². The molecule has 1 heterocycles. The maximum absolute atomic E-state index is 12.3. The van der Waals surface area contributed by atoms with Crippen molar-refractivity contribution >= 4 is 40.7 Å². The van der Waals surface area contributed by atoms with Crippen LogP contribution in [0.15, 0.2) is 48.5 Å². The number of hydrogen-bond acceptors (Lipinski definition) is 3. The van der Waals surface area contributed by atoms with Gasteiger partial charge in [0.15, 0.2) is 5.78 Å². The number of anilines is 1. The van der Waals surface area contributed by atoms with Gasteiger partial charge in [0.05, 0.1) is 16.1 Å². The van der Waals surface area contributed by atoms with Crippen LogP contribution in [0.3, 0.4) is 0 Å². The second kappa shape index (κ2) is 8.05. The van der Waals surface area contributed by atoms with E-state index in [2.05, 4.69) is 4.90 Å². The Labute approximate surface area is 157 Å². The summed E-state index contributed by atoms with van der Waals surface area (Å²) in [6, 6.07) is 12.9. The van der Waals surface area contributed by atoms with Crippen LogP contribution in [-0.2, 0) is 0 Å². The van der Waals surface area contributed by atoms with Crippen LogP contribution in [-0.4, -0.2) is 30.1 Å². The van der Waals surface area contributed by atoms with E-state index in [4.69, 9.17) is 23.2 Å². The minimum absolute atomic E-state index is 0.0864. The predicted octanol–water partition coefficient (Wildman–Crippen LogP) is 4.85. The fourth-order valence-electron chi connectivity index (χ4n) is 2.87. The summed E-state index contributed by atoms with van der Waals surface area (Å²) >= 11 is 12.1. The Morgan fingerprint density at radius 2 is 1.76 bits per heavy atom. The molecule has 3 rings (SSSR count). The van der Waals surface area contributed by atoms with E-state index in [-0.39, 0.29) is 11.9 Å². The minimum atomic E-state index is -0.194. The first kappa shape index (κ1) is 18.0. The van der Waals surface area contributed by atoms with Crippen LogP contribution in [0.25, 0.3) is 6.08 Å². The average Bonchev–Trinajstić information content (AvgIpc) is 2.63. The lowest BCUT2D eigenvalue weighted by atomic mass is 10.1. The number of allylic oxidation sites excluding steroid dienone is 1. The highest BCUT2D eigenvalue weighted by Gasteiger charge is 2.17. The summed E-state index contributed by atoms with van der Waals surface area (Å²) < 4.78 is 0. The number of benzene rings is 2. The fraction of sp³-hybridized carbons (Fsp3) is 0.250. The zero-order valence-corrected chi connectivity index (χ0v) is 15.2. The number of halogens is 2. The van der Waals surface area contributed by atoms with Crippen LogP contribution in [0.2, 0.25) is 10.0 Å². The molecule has 0 aromatic heterocycles. The van der Waals surface area contributed by atoms with Gasteiger partial charge >= 0.3 is 0 Å². The van der Waals surface area contributed by atoms with E-state index in [1.165, 1.54) is 6.08 Å². The van der Waals surface area contributed by atoms with Gasteiger partial charge in [-0.1, -0.05) is 35.3 Å². The molecule has 1 aliphatic heterocycles. The predicted molar refractivity (Wildman–Crippen MR) is 104 cm³/mol. The summed E-state index contributed by atoms with van der Waals surface area (Å²) in [7, 11) is 0. The summed E-state index contributed by atoms with van der Waals surface area (Å²) in [5.74, 6) is -0.0864. The van der Waals surface area contributed by atoms with Crippen molar-refractivity contribution in [1.82, 2.24) is 0 Å². The lowest BCUT2D eigenvalue weighted by Crippen LogP contribution is -2.35. The molecule has 0 unspecified atom stereocenters. The molecule has 3 nitrogen and oxygen atoms in total. The second-order valence-corrected chi connectivity index (χ2v) is 6.89. The maximum Gasteiger partial charge on any atom is 0.185 e. The van der Waals surface area contributed by atoms with Gasteiger partial charge in [0.1, 0.15) is 0 Å². The van der Waals surface area contributed by atoms with Gasteiger partial charge in [-0.3, -0.25) is 4.79 Å². The molecule has 0 atom stereocenters. The molecule has 0 saturated carbocycles. The van der Waals surface area contributed by atoms with E-state index in [1.807, 2.05) is 30.3 Å². The molecule has 1 fully saturated rings. The number of hydrogen-bond donors (Lipinski definition) is 1. The molecule has 0 bridgehead atoms. The van der Waals surface area contributed by atoms with Gasteiger partial charge in [-0.25, -0.2) is 0 Å². The minimum Gasteiger partial charge on any atom is -0.393 e. The highest BCUT2D eigenvalue weighted by Crippen LogP contribution is 2.26. The number of aliphatic hydroxyl groups excluding tert-OH is 1. The van der Waals surface area contributed by atoms with Crippen molar-refractivity contribution < 1.29 is 9.90 Å². The van der Waals surface area contributed by atoms with E-state index < -0.39 is 0 Å². The molecule has 0 radical (unpaired) electrons. The molecule has 0 aliphatic carbocycles. The average molecular weight is 376 g/mol. The molecule has 5 heteroatoms. The highest BCUT2D eigenvalue weighted by molar-refractivity contribution is 6.42. The summed E-state index contributed by atoms with van der Waals surface area (Å²) in [6.45, 7) is 1.67.